The fraction of sp³-hybridized carbons (Fsp3) is 0.458. The summed E-state index contributed by atoms with van der Waals surface area (Å²) >= 11 is 12.6. The Morgan fingerprint density at radius 3 is 2.43 bits per heavy atom. The van der Waals surface area contributed by atoms with E-state index in [1.807, 2.05) is 37.3 Å². The second kappa shape index (κ2) is 10.5. The molecule has 1 heterocycles. The van der Waals surface area contributed by atoms with Crippen LogP contribution in [-0.2, 0) is 11.3 Å². The first-order valence-electron chi connectivity index (χ1n) is 10.5. The minimum Gasteiger partial charge on any atom is -0.496 e. The highest BCUT2D eigenvalue weighted by Gasteiger charge is 2.27. The van der Waals surface area contributed by atoms with Crippen LogP contribution >= 0.6 is 23.2 Å². The number of rotatable bonds is 7. The van der Waals surface area contributed by atoms with Gasteiger partial charge >= 0.3 is 0 Å². The van der Waals surface area contributed by atoms with E-state index in [-0.39, 0.29) is 17.9 Å². The first kappa shape index (κ1) is 22.9. The molecule has 0 bridgehead atoms. The van der Waals surface area contributed by atoms with Crippen LogP contribution in [0.2, 0.25) is 10.0 Å². The van der Waals surface area contributed by atoms with Crippen LogP contribution in [0.3, 0.4) is 0 Å². The lowest BCUT2D eigenvalue weighted by Gasteiger charge is -2.32. The molecule has 4 nitrogen and oxygen atoms in total. The average Bonchev–Trinajstić information content (AvgIpc) is 2.75. The maximum absolute atomic E-state index is 12.9. The highest BCUT2D eigenvalue weighted by molar-refractivity contribution is 6.35. The molecule has 1 N–H and O–H groups in total. The fourth-order valence-electron chi connectivity index (χ4n) is 4.09. The van der Waals surface area contributed by atoms with E-state index in [0.29, 0.717) is 10.0 Å². The molecule has 0 saturated carbocycles. The van der Waals surface area contributed by atoms with Crippen molar-refractivity contribution in [2.24, 2.45) is 5.92 Å². The Labute approximate surface area is 189 Å². The Morgan fingerprint density at radius 1 is 1.20 bits per heavy atom. The lowest BCUT2D eigenvalue weighted by atomic mass is 9.94. The van der Waals surface area contributed by atoms with Crippen LogP contribution in [0, 0.1) is 12.8 Å². The third-order valence-corrected chi connectivity index (χ3v) is 6.66. The number of nitrogens with zero attached hydrogens (tertiary/aromatic N) is 1. The summed E-state index contributed by atoms with van der Waals surface area (Å²) in [6, 6.07) is 11.7. The molecular weight excluding hydrogens is 419 g/mol. The van der Waals surface area contributed by atoms with Gasteiger partial charge in [0.2, 0.25) is 5.91 Å². The van der Waals surface area contributed by atoms with Gasteiger partial charge in [0.25, 0.3) is 0 Å². The predicted octanol–water partition coefficient (Wildman–Crippen LogP) is 5.79. The number of ether oxygens (including phenoxy) is 1. The van der Waals surface area contributed by atoms with Crippen LogP contribution in [0.25, 0.3) is 0 Å². The molecule has 1 amide bonds. The summed E-state index contributed by atoms with van der Waals surface area (Å²) in [5.41, 5.74) is 3.16. The number of halogens is 2. The molecule has 0 spiro atoms. The second-order valence-corrected chi connectivity index (χ2v) is 8.76. The highest BCUT2D eigenvalue weighted by atomic mass is 35.5. The topological polar surface area (TPSA) is 41.6 Å². The smallest absolute Gasteiger partial charge is 0.223 e. The monoisotopic (exact) mass is 448 g/mol. The van der Waals surface area contributed by atoms with E-state index in [2.05, 4.69) is 23.2 Å². The molecule has 0 radical (unpaired) electrons. The number of hydrogen-bond acceptors (Lipinski definition) is 3. The quantitative estimate of drug-likeness (QED) is 0.582. The van der Waals surface area contributed by atoms with Crippen molar-refractivity contribution < 1.29 is 9.53 Å². The van der Waals surface area contributed by atoms with Crippen molar-refractivity contribution >= 4 is 29.1 Å². The van der Waals surface area contributed by atoms with Crippen molar-refractivity contribution in [1.82, 2.24) is 10.2 Å². The van der Waals surface area contributed by atoms with Gasteiger partial charge in [-0.3, -0.25) is 9.69 Å². The summed E-state index contributed by atoms with van der Waals surface area (Å²) in [6.07, 6.45) is 2.53. The third kappa shape index (κ3) is 5.48. The molecule has 2 aromatic rings. The molecule has 1 atom stereocenters. The molecule has 3 rings (SSSR count). The minimum atomic E-state index is 0.0158. The maximum Gasteiger partial charge on any atom is 0.223 e. The number of nitrogens with one attached hydrogen (secondary N) is 1. The molecular formula is C24H30Cl2N2O2. The van der Waals surface area contributed by atoms with Crippen LogP contribution < -0.4 is 10.1 Å². The summed E-state index contributed by atoms with van der Waals surface area (Å²) in [5.74, 6) is 1.05. The Hall–Kier alpha value is -1.75. The summed E-state index contributed by atoms with van der Waals surface area (Å²) in [4.78, 5) is 15.2. The van der Waals surface area contributed by atoms with E-state index in [9.17, 15) is 4.79 Å². The van der Waals surface area contributed by atoms with Crippen molar-refractivity contribution in [1.29, 1.82) is 0 Å². The van der Waals surface area contributed by atoms with E-state index in [4.69, 9.17) is 27.9 Å². The Balaban J connectivity index is 1.56. The average molecular weight is 449 g/mol. The number of carbonyl (C=O) groups excluding carboxylic acids is 1. The summed E-state index contributed by atoms with van der Waals surface area (Å²) in [7, 11) is 1.67. The van der Waals surface area contributed by atoms with E-state index in [0.717, 1.165) is 61.3 Å². The molecule has 0 aliphatic carbocycles. The van der Waals surface area contributed by atoms with Gasteiger partial charge in [0.15, 0.2) is 0 Å². The normalized spacial score (nSPS) is 16.3. The molecule has 30 heavy (non-hydrogen) atoms. The summed E-state index contributed by atoms with van der Waals surface area (Å²) in [5, 5.41) is 4.65. The zero-order valence-electron chi connectivity index (χ0n) is 17.9. The van der Waals surface area contributed by atoms with Crippen LogP contribution in [0.5, 0.6) is 5.75 Å². The lowest BCUT2D eigenvalue weighted by molar-refractivity contribution is -0.127. The molecule has 0 aromatic heterocycles. The van der Waals surface area contributed by atoms with Crippen LogP contribution in [0.4, 0.5) is 0 Å². The standard InChI is InChI=1S/C24H30Cl2N2O2/c1-4-22(18-8-9-23(30-3)16(2)14-18)27-24(29)17-10-12-28(13-11-17)15-19-20(25)6-5-7-21(19)26/h5-9,14,17,22H,4,10-13,15H2,1-3H3,(H,27,29). The van der Waals surface area contributed by atoms with Gasteiger partial charge in [0, 0.05) is 28.1 Å². The molecule has 162 valence electrons. The van der Waals surface area contributed by atoms with Crippen molar-refractivity contribution in [2.75, 3.05) is 20.2 Å². The minimum absolute atomic E-state index is 0.0158. The number of methoxy groups -OCH3 is 1. The maximum atomic E-state index is 12.9. The molecule has 2 aromatic carbocycles. The van der Waals surface area contributed by atoms with Gasteiger partial charge in [-0.15, -0.1) is 0 Å². The first-order chi connectivity index (χ1) is 14.4. The van der Waals surface area contributed by atoms with E-state index in [1.54, 1.807) is 7.11 Å². The number of carbonyl (C=O) groups is 1. The summed E-state index contributed by atoms with van der Waals surface area (Å²) < 4.78 is 5.35. The van der Waals surface area contributed by atoms with Gasteiger partial charge in [0.05, 0.1) is 13.2 Å². The van der Waals surface area contributed by atoms with Crippen molar-refractivity contribution in [3.63, 3.8) is 0 Å². The van der Waals surface area contributed by atoms with Crippen LogP contribution in [-0.4, -0.2) is 31.0 Å². The van der Waals surface area contributed by atoms with Crippen molar-refractivity contribution in [2.45, 2.75) is 45.7 Å². The van der Waals surface area contributed by atoms with Gasteiger partial charge in [-0.2, -0.15) is 0 Å². The molecule has 1 unspecified atom stereocenters. The fourth-order valence-corrected chi connectivity index (χ4v) is 4.61. The number of amides is 1. The van der Waals surface area contributed by atoms with E-state index < -0.39 is 0 Å². The van der Waals surface area contributed by atoms with Gasteiger partial charge in [-0.25, -0.2) is 0 Å². The molecule has 1 aliphatic rings. The SMILES string of the molecule is CCC(NC(=O)C1CCN(Cc2c(Cl)cccc2Cl)CC1)c1ccc(OC)c(C)c1. The molecule has 6 heteroatoms. The number of hydrogen-bond donors (Lipinski definition) is 1. The van der Waals surface area contributed by atoms with Crippen LogP contribution in [0.15, 0.2) is 36.4 Å². The molecule has 1 aliphatic heterocycles. The lowest BCUT2D eigenvalue weighted by Crippen LogP contribution is -2.41. The van der Waals surface area contributed by atoms with E-state index >= 15 is 0 Å². The summed E-state index contributed by atoms with van der Waals surface area (Å²) in [6.45, 7) is 6.56. The van der Waals surface area contributed by atoms with Crippen molar-refractivity contribution in [3.8, 4) is 5.75 Å². The second-order valence-electron chi connectivity index (χ2n) is 7.95. The first-order valence-corrected chi connectivity index (χ1v) is 11.3. The Morgan fingerprint density at radius 2 is 1.87 bits per heavy atom. The van der Waals surface area contributed by atoms with E-state index in [1.165, 1.54) is 0 Å². The Bertz CT molecular complexity index is 859. The molecule has 1 saturated heterocycles. The van der Waals surface area contributed by atoms with Gasteiger partial charge in [-0.05, 0) is 68.6 Å². The van der Waals surface area contributed by atoms with Gasteiger partial charge in [-0.1, -0.05) is 48.3 Å². The predicted molar refractivity (Wildman–Crippen MR) is 123 cm³/mol. The third-order valence-electron chi connectivity index (χ3n) is 5.95. The van der Waals surface area contributed by atoms with Crippen molar-refractivity contribution in [3.05, 3.63) is 63.1 Å². The Kier molecular flexibility index (Phi) is 8.04. The number of likely N-dealkylation sites (tertiary alicyclic amines) is 1. The molecule has 1 fully saturated rings. The largest absolute Gasteiger partial charge is 0.496 e. The highest BCUT2D eigenvalue weighted by Crippen LogP contribution is 2.29. The van der Waals surface area contributed by atoms with Gasteiger partial charge in [0.1, 0.15) is 5.75 Å². The zero-order valence-corrected chi connectivity index (χ0v) is 19.4. The zero-order chi connectivity index (χ0) is 21.7. The number of aryl methyl sites for hydroxylation is 1. The number of piperidine rings is 1. The van der Waals surface area contributed by atoms with Crippen LogP contribution in [0.1, 0.15) is 48.9 Å². The van der Waals surface area contributed by atoms with Gasteiger partial charge < -0.3 is 10.1 Å². The number of benzene rings is 2.